The Kier molecular flexibility index (Phi) is 2.33. The van der Waals surface area contributed by atoms with E-state index in [1.807, 2.05) is 0 Å². The van der Waals surface area contributed by atoms with Crippen LogP contribution in [0.4, 0.5) is 0 Å². The lowest BCUT2D eigenvalue weighted by molar-refractivity contribution is 0.383. The van der Waals surface area contributed by atoms with Crippen LogP contribution in [-0.2, 0) is 0 Å². The van der Waals surface area contributed by atoms with Crippen molar-refractivity contribution in [1.82, 2.24) is 0 Å². The van der Waals surface area contributed by atoms with Gasteiger partial charge in [-0.15, -0.1) is 0 Å². The van der Waals surface area contributed by atoms with Crippen LogP contribution in [0.5, 0.6) is 0 Å². The van der Waals surface area contributed by atoms with E-state index in [-0.39, 0.29) is 0 Å². The highest BCUT2D eigenvalue weighted by Crippen LogP contribution is 2.48. The van der Waals surface area contributed by atoms with Gasteiger partial charge in [0.05, 0.1) is 0 Å². The van der Waals surface area contributed by atoms with Crippen LogP contribution in [0.3, 0.4) is 0 Å². The third kappa shape index (κ3) is 1.20. The van der Waals surface area contributed by atoms with Gasteiger partial charge >= 0.3 is 0 Å². The smallest absolute Gasteiger partial charge is 0.00123 e. The van der Waals surface area contributed by atoms with E-state index in [9.17, 15) is 0 Å². The summed E-state index contributed by atoms with van der Waals surface area (Å²) in [6, 6.07) is 0. The summed E-state index contributed by atoms with van der Waals surface area (Å²) < 4.78 is 0. The van der Waals surface area contributed by atoms with E-state index < -0.39 is 0 Å². The molecule has 2 aliphatic carbocycles. The van der Waals surface area contributed by atoms with Gasteiger partial charge in [0, 0.05) is 0 Å². The van der Waals surface area contributed by atoms with Crippen LogP contribution in [0.1, 0.15) is 47.5 Å². The molecule has 0 heterocycles. The normalized spacial score (nSPS) is 37.9. The Balaban J connectivity index is 2.44. The Hall–Kier alpha value is -0.520. The summed E-state index contributed by atoms with van der Waals surface area (Å²) in [5, 5.41) is 0. The van der Waals surface area contributed by atoms with Crippen molar-refractivity contribution in [2.45, 2.75) is 47.5 Å². The van der Waals surface area contributed by atoms with Crippen LogP contribution in [0.15, 0.2) is 22.3 Å². The molecule has 0 spiro atoms. The maximum absolute atomic E-state index is 2.41. The first-order valence-corrected chi connectivity index (χ1v) is 5.94. The van der Waals surface area contributed by atoms with Gasteiger partial charge in [-0.3, -0.25) is 0 Å². The third-order valence-electron chi connectivity index (χ3n) is 4.69. The molecule has 0 bridgehead atoms. The van der Waals surface area contributed by atoms with Crippen LogP contribution in [0.25, 0.3) is 0 Å². The van der Waals surface area contributed by atoms with Crippen LogP contribution in [0, 0.1) is 17.8 Å². The molecule has 0 saturated carbocycles. The van der Waals surface area contributed by atoms with Crippen LogP contribution in [0.2, 0.25) is 0 Å². The molecule has 0 aromatic heterocycles. The molecule has 0 aliphatic heterocycles. The van der Waals surface area contributed by atoms with Crippen molar-refractivity contribution < 1.29 is 0 Å². The second-order valence-corrected chi connectivity index (χ2v) is 5.27. The predicted molar refractivity (Wildman–Crippen MR) is 62.1 cm³/mol. The molecule has 3 atom stereocenters. The van der Waals surface area contributed by atoms with E-state index in [0.29, 0.717) is 0 Å². The molecule has 0 aromatic rings. The lowest BCUT2D eigenvalue weighted by atomic mass is 9.75. The Morgan fingerprint density at radius 2 is 1.71 bits per heavy atom. The second kappa shape index (κ2) is 3.25. The van der Waals surface area contributed by atoms with Gasteiger partial charge in [0.25, 0.3) is 0 Å². The molecular formula is C14H22. The highest BCUT2D eigenvalue weighted by Gasteiger charge is 2.33. The van der Waals surface area contributed by atoms with E-state index in [1.165, 1.54) is 12.8 Å². The minimum absolute atomic E-state index is 0.736. The average molecular weight is 190 g/mol. The van der Waals surface area contributed by atoms with E-state index in [4.69, 9.17) is 0 Å². The minimum atomic E-state index is 0.736. The number of allylic oxidation sites excluding steroid dienone is 4. The molecule has 0 radical (unpaired) electrons. The maximum Gasteiger partial charge on any atom is -0.00123 e. The van der Waals surface area contributed by atoms with Gasteiger partial charge in [-0.25, -0.2) is 0 Å². The van der Waals surface area contributed by atoms with Crippen molar-refractivity contribution in [3.63, 3.8) is 0 Å². The lowest BCUT2D eigenvalue weighted by Crippen LogP contribution is -2.18. The van der Waals surface area contributed by atoms with E-state index in [1.54, 1.807) is 22.3 Å². The molecule has 0 N–H and O–H groups in total. The maximum atomic E-state index is 2.41. The zero-order chi connectivity index (χ0) is 10.5. The van der Waals surface area contributed by atoms with Gasteiger partial charge in [-0.05, 0) is 55.6 Å². The molecule has 2 rings (SSSR count). The van der Waals surface area contributed by atoms with Gasteiger partial charge in [-0.1, -0.05) is 31.9 Å². The molecule has 78 valence electrons. The third-order valence-corrected chi connectivity index (χ3v) is 4.69. The summed E-state index contributed by atoms with van der Waals surface area (Å²) >= 11 is 0. The van der Waals surface area contributed by atoms with Crippen molar-refractivity contribution in [1.29, 1.82) is 0 Å². The highest BCUT2D eigenvalue weighted by molar-refractivity contribution is 5.49. The molecule has 0 heteroatoms. The van der Waals surface area contributed by atoms with Gasteiger partial charge in [-0.2, -0.15) is 0 Å². The highest BCUT2D eigenvalue weighted by atomic mass is 14.4. The van der Waals surface area contributed by atoms with Crippen LogP contribution in [-0.4, -0.2) is 0 Å². The van der Waals surface area contributed by atoms with Crippen LogP contribution < -0.4 is 0 Å². The topological polar surface area (TPSA) is 0 Å². The summed E-state index contributed by atoms with van der Waals surface area (Å²) in [7, 11) is 0. The molecule has 3 unspecified atom stereocenters. The van der Waals surface area contributed by atoms with Crippen molar-refractivity contribution in [3.05, 3.63) is 22.3 Å². The van der Waals surface area contributed by atoms with Gasteiger partial charge in [0.2, 0.25) is 0 Å². The van der Waals surface area contributed by atoms with Crippen molar-refractivity contribution in [2.75, 3.05) is 0 Å². The Bertz CT molecular complexity index is 317. The fraction of sp³-hybridized carbons (Fsp3) is 0.714. The van der Waals surface area contributed by atoms with Crippen LogP contribution >= 0.6 is 0 Å². The van der Waals surface area contributed by atoms with E-state index >= 15 is 0 Å². The fourth-order valence-corrected chi connectivity index (χ4v) is 3.18. The number of hydrogen-bond donors (Lipinski definition) is 0. The monoisotopic (exact) mass is 190 g/mol. The largest absolute Gasteiger partial charge is 0.0632 e. The van der Waals surface area contributed by atoms with Gasteiger partial charge < -0.3 is 0 Å². The quantitative estimate of drug-likeness (QED) is 0.533. The van der Waals surface area contributed by atoms with Crippen molar-refractivity contribution >= 4 is 0 Å². The summed E-state index contributed by atoms with van der Waals surface area (Å²) in [5.41, 5.74) is 6.70. The number of rotatable bonds is 0. The van der Waals surface area contributed by atoms with Crippen molar-refractivity contribution in [3.8, 4) is 0 Å². The Morgan fingerprint density at radius 3 is 2.36 bits per heavy atom. The lowest BCUT2D eigenvalue weighted by Gasteiger charge is -2.30. The number of hydrogen-bond acceptors (Lipinski definition) is 0. The standard InChI is InChI=1S/C14H22/c1-8-6-7-13-11(4)10(3)12(5)14(13)9(8)2/h8-9,11H,6-7H2,1-5H3. The average Bonchev–Trinajstić information content (AvgIpc) is 2.38. The first kappa shape index (κ1) is 10.0. The summed E-state index contributed by atoms with van der Waals surface area (Å²) in [6.07, 6.45) is 2.74. The zero-order valence-corrected chi connectivity index (χ0v) is 10.1. The zero-order valence-electron chi connectivity index (χ0n) is 10.1. The molecular weight excluding hydrogens is 168 g/mol. The predicted octanol–water partition coefficient (Wildman–Crippen LogP) is 4.34. The second-order valence-electron chi connectivity index (χ2n) is 5.27. The summed E-state index contributed by atoms with van der Waals surface area (Å²) in [5.74, 6) is 2.40. The minimum Gasteiger partial charge on any atom is -0.0632 e. The molecule has 0 nitrogen and oxygen atoms in total. The van der Waals surface area contributed by atoms with Gasteiger partial charge in [0.1, 0.15) is 0 Å². The molecule has 2 aliphatic rings. The SMILES string of the molecule is CC1=C(C)C(C)C2=C1C(C)C(C)CC2. The first-order chi connectivity index (χ1) is 6.54. The van der Waals surface area contributed by atoms with Gasteiger partial charge in [0.15, 0.2) is 0 Å². The van der Waals surface area contributed by atoms with E-state index in [0.717, 1.165) is 17.8 Å². The fourth-order valence-electron chi connectivity index (χ4n) is 3.18. The summed E-state index contributed by atoms with van der Waals surface area (Å²) in [4.78, 5) is 0. The van der Waals surface area contributed by atoms with E-state index in [2.05, 4.69) is 34.6 Å². The summed E-state index contributed by atoms with van der Waals surface area (Å²) in [6.45, 7) is 11.8. The Labute approximate surface area is 88.1 Å². The first-order valence-electron chi connectivity index (χ1n) is 5.94. The molecule has 14 heavy (non-hydrogen) atoms. The molecule has 0 aromatic carbocycles. The molecule has 0 fully saturated rings. The Morgan fingerprint density at radius 1 is 1.07 bits per heavy atom. The molecule has 0 amide bonds. The van der Waals surface area contributed by atoms with Crippen molar-refractivity contribution in [2.24, 2.45) is 17.8 Å². The molecule has 0 saturated heterocycles.